The highest BCUT2D eigenvalue weighted by molar-refractivity contribution is 5.85. The minimum atomic E-state index is -0.0611. The molecule has 8 heteroatoms. The standard InChI is InChI=1S/C22H29N5O2.ClH/c1-16-3-5-17(6-4-16)11-21(28)26-7-9-27(10-8-26)22(29)20-14-23-13-19(20)18-12-24-25(2)15-18;/h3-6,12,15,19-20,23H,7-11,13-14H2,1-2H3;1H/t19-,20+;/m1./s1. The highest BCUT2D eigenvalue weighted by atomic mass is 35.5. The Morgan fingerprint density at radius 3 is 2.37 bits per heavy atom. The van der Waals surface area contributed by atoms with E-state index >= 15 is 0 Å². The maximum absolute atomic E-state index is 13.1. The number of piperazine rings is 1. The van der Waals surface area contributed by atoms with Crippen LogP contribution in [0.3, 0.4) is 0 Å². The molecule has 2 aliphatic heterocycles. The first-order valence-corrected chi connectivity index (χ1v) is 10.3. The molecule has 2 fully saturated rings. The van der Waals surface area contributed by atoms with E-state index in [2.05, 4.69) is 10.4 Å². The normalized spacial score (nSPS) is 21.4. The molecule has 2 aromatic rings. The van der Waals surface area contributed by atoms with Gasteiger partial charge < -0.3 is 15.1 Å². The fourth-order valence-corrected chi connectivity index (χ4v) is 4.32. The van der Waals surface area contributed by atoms with E-state index in [0.29, 0.717) is 39.1 Å². The highest BCUT2D eigenvalue weighted by Gasteiger charge is 2.38. The van der Waals surface area contributed by atoms with Crippen molar-refractivity contribution in [3.8, 4) is 0 Å². The highest BCUT2D eigenvalue weighted by Crippen LogP contribution is 2.29. The third kappa shape index (κ3) is 4.84. The van der Waals surface area contributed by atoms with Crippen LogP contribution >= 0.6 is 12.4 Å². The van der Waals surface area contributed by atoms with Gasteiger partial charge in [0.15, 0.2) is 0 Å². The summed E-state index contributed by atoms with van der Waals surface area (Å²) in [7, 11) is 1.90. The predicted molar refractivity (Wildman–Crippen MR) is 118 cm³/mol. The quantitative estimate of drug-likeness (QED) is 0.793. The Hall–Kier alpha value is -2.38. The van der Waals surface area contributed by atoms with E-state index < -0.39 is 0 Å². The second-order valence-corrected chi connectivity index (χ2v) is 8.19. The third-order valence-corrected chi connectivity index (χ3v) is 6.10. The van der Waals surface area contributed by atoms with Gasteiger partial charge in [-0.25, -0.2) is 0 Å². The molecule has 1 N–H and O–H groups in total. The summed E-state index contributed by atoms with van der Waals surface area (Å²) in [5, 5.41) is 7.62. The largest absolute Gasteiger partial charge is 0.339 e. The van der Waals surface area contributed by atoms with Crippen LogP contribution < -0.4 is 5.32 Å². The molecular weight excluding hydrogens is 402 g/mol. The number of nitrogens with one attached hydrogen (secondary N) is 1. The SMILES string of the molecule is Cc1ccc(CC(=O)N2CCN(C(=O)[C@H]3CNC[C@@H]3c3cnn(C)c3)CC2)cc1.Cl. The van der Waals surface area contributed by atoms with Crippen LogP contribution in [0, 0.1) is 12.8 Å². The minimum absolute atomic E-state index is 0. The number of aromatic nitrogens is 2. The summed E-state index contributed by atoms with van der Waals surface area (Å²) >= 11 is 0. The van der Waals surface area contributed by atoms with Crippen molar-refractivity contribution in [2.75, 3.05) is 39.3 Å². The Kier molecular flexibility index (Phi) is 7.15. The maximum Gasteiger partial charge on any atom is 0.227 e. The van der Waals surface area contributed by atoms with Crippen LogP contribution in [0.15, 0.2) is 36.7 Å². The molecule has 3 heterocycles. The molecule has 0 bridgehead atoms. The van der Waals surface area contributed by atoms with Gasteiger partial charge >= 0.3 is 0 Å². The molecule has 2 saturated heterocycles. The summed E-state index contributed by atoms with van der Waals surface area (Å²) in [5.41, 5.74) is 3.34. The Bertz CT molecular complexity index is 874. The van der Waals surface area contributed by atoms with Gasteiger partial charge in [-0.05, 0) is 18.1 Å². The van der Waals surface area contributed by atoms with Gasteiger partial charge in [0.1, 0.15) is 0 Å². The summed E-state index contributed by atoms with van der Waals surface area (Å²) in [5.74, 6) is 0.428. The lowest BCUT2D eigenvalue weighted by Crippen LogP contribution is -2.52. The third-order valence-electron chi connectivity index (χ3n) is 6.10. The van der Waals surface area contributed by atoms with E-state index in [-0.39, 0.29) is 36.1 Å². The van der Waals surface area contributed by atoms with E-state index in [4.69, 9.17) is 0 Å². The molecule has 30 heavy (non-hydrogen) atoms. The zero-order chi connectivity index (χ0) is 20.4. The second kappa shape index (κ2) is 9.62. The van der Waals surface area contributed by atoms with Crippen molar-refractivity contribution in [2.45, 2.75) is 19.3 Å². The number of carbonyl (C=O) groups excluding carboxylic acids is 2. The Labute approximate surface area is 183 Å². The van der Waals surface area contributed by atoms with Gasteiger partial charge in [0.25, 0.3) is 0 Å². The van der Waals surface area contributed by atoms with Gasteiger partial charge in [0.2, 0.25) is 11.8 Å². The van der Waals surface area contributed by atoms with E-state index in [1.165, 1.54) is 5.56 Å². The van der Waals surface area contributed by atoms with Gasteiger partial charge in [-0.15, -0.1) is 12.4 Å². The molecule has 2 atom stereocenters. The lowest BCUT2D eigenvalue weighted by Gasteiger charge is -2.36. The fraction of sp³-hybridized carbons (Fsp3) is 0.500. The van der Waals surface area contributed by atoms with Gasteiger partial charge in [-0.1, -0.05) is 29.8 Å². The van der Waals surface area contributed by atoms with Crippen molar-refractivity contribution in [3.05, 3.63) is 53.3 Å². The molecule has 2 aliphatic rings. The summed E-state index contributed by atoms with van der Waals surface area (Å²) in [6, 6.07) is 8.10. The number of nitrogens with zero attached hydrogens (tertiary/aromatic N) is 4. The Morgan fingerprint density at radius 1 is 1.07 bits per heavy atom. The van der Waals surface area contributed by atoms with Gasteiger partial charge in [-0.2, -0.15) is 5.10 Å². The molecule has 7 nitrogen and oxygen atoms in total. The number of aryl methyl sites for hydroxylation is 2. The van der Waals surface area contributed by atoms with Crippen LogP contribution in [0.5, 0.6) is 0 Å². The monoisotopic (exact) mass is 431 g/mol. The molecule has 0 radical (unpaired) electrons. The minimum Gasteiger partial charge on any atom is -0.339 e. The van der Waals surface area contributed by atoms with Crippen molar-refractivity contribution in [1.82, 2.24) is 24.9 Å². The molecule has 0 aliphatic carbocycles. The number of carbonyl (C=O) groups is 2. The van der Waals surface area contributed by atoms with Crippen molar-refractivity contribution < 1.29 is 9.59 Å². The molecule has 0 saturated carbocycles. The number of halogens is 1. The molecule has 4 rings (SSSR count). The lowest BCUT2D eigenvalue weighted by molar-refractivity contribution is -0.141. The second-order valence-electron chi connectivity index (χ2n) is 8.19. The number of hydrogen-bond donors (Lipinski definition) is 1. The summed E-state index contributed by atoms with van der Waals surface area (Å²) < 4.78 is 1.79. The first-order valence-electron chi connectivity index (χ1n) is 10.3. The lowest BCUT2D eigenvalue weighted by atomic mass is 9.89. The molecule has 2 amide bonds. The molecular formula is C22H30ClN5O2. The Morgan fingerprint density at radius 2 is 1.73 bits per heavy atom. The van der Waals surface area contributed by atoms with E-state index in [0.717, 1.165) is 17.7 Å². The van der Waals surface area contributed by atoms with Crippen LogP contribution in [0.2, 0.25) is 0 Å². The summed E-state index contributed by atoms with van der Waals surface area (Å²) in [6.45, 7) is 5.97. The topological polar surface area (TPSA) is 70.5 Å². The number of benzene rings is 1. The fourth-order valence-electron chi connectivity index (χ4n) is 4.32. The van der Waals surface area contributed by atoms with Crippen LogP contribution in [-0.2, 0) is 23.1 Å². The first-order chi connectivity index (χ1) is 14.0. The molecule has 1 aromatic carbocycles. The average molecular weight is 432 g/mol. The number of amides is 2. The van der Waals surface area contributed by atoms with Crippen LogP contribution in [0.4, 0.5) is 0 Å². The van der Waals surface area contributed by atoms with E-state index in [1.54, 1.807) is 4.68 Å². The molecule has 162 valence electrons. The summed E-state index contributed by atoms with van der Waals surface area (Å²) in [6.07, 6.45) is 4.28. The zero-order valence-corrected chi connectivity index (χ0v) is 18.4. The number of rotatable bonds is 4. The van der Waals surface area contributed by atoms with Gasteiger partial charge in [0.05, 0.1) is 18.5 Å². The van der Waals surface area contributed by atoms with Crippen LogP contribution in [0.25, 0.3) is 0 Å². The zero-order valence-electron chi connectivity index (χ0n) is 17.6. The Balaban J connectivity index is 0.00000256. The van der Waals surface area contributed by atoms with Crippen molar-refractivity contribution in [2.24, 2.45) is 13.0 Å². The molecule has 1 aromatic heterocycles. The van der Waals surface area contributed by atoms with Crippen LogP contribution in [0.1, 0.15) is 22.6 Å². The summed E-state index contributed by atoms with van der Waals surface area (Å²) in [4.78, 5) is 29.6. The molecule has 0 spiro atoms. The van der Waals surface area contributed by atoms with E-state index in [1.807, 2.05) is 60.4 Å². The molecule has 0 unspecified atom stereocenters. The van der Waals surface area contributed by atoms with Crippen LogP contribution in [-0.4, -0.2) is 70.7 Å². The maximum atomic E-state index is 13.1. The van der Waals surface area contributed by atoms with Crippen molar-refractivity contribution in [1.29, 1.82) is 0 Å². The van der Waals surface area contributed by atoms with E-state index in [9.17, 15) is 9.59 Å². The first kappa shape index (κ1) is 22.3. The predicted octanol–water partition coefficient (Wildman–Crippen LogP) is 1.37. The van der Waals surface area contributed by atoms with Crippen molar-refractivity contribution >= 4 is 24.2 Å². The smallest absolute Gasteiger partial charge is 0.227 e. The van der Waals surface area contributed by atoms with Crippen molar-refractivity contribution in [3.63, 3.8) is 0 Å². The average Bonchev–Trinajstić information content (AvgIpc) is 3.38. The van der Waals surface area contributed by atoms with Gasteiger partial charge in [-0.3, -0.25) is 14.3 Å². The number of hydrogen-bond acceptors (Lipinski definition) is 4. The van der Waals surface area contributed by atoms with Gasteiger partial charge in [0, 0.05) is 58.4 Å².